The Morgan fingerprint density at radius 2 is 2.05 bits per heavy atom. The van der Waals surface area contributed by atoms with Crippen LogP contribution in [-0.4, -0.2) is 19.4 Å². The molecule has 2 heterocycles. The van der Waals surface area contributed by atoms with Crippen molar-refractivity contribution in [2.75, 3.05) is 4.72 Å². The maximum atomic E-state index is 12.6. The highest BCUT2D eigenvalue weighted by Gasteiger charge is 2.25. The van der Waals surface area contributed by atoms with E-state index < -0.39 is 10.0 Å². The number of thiophene rings is 1. The van der Waals surface area contributed by atoms with E-state index in [1.807, 2.05) is 12.3 Å². The van der Waals surface area contributed by atoms with Gasteiger partial charge in [0.05, 0.1) is 5.69 Å². The summed E-state index contributed by atoms with van der Waals surface area (Å²) >= 11 is 1.49. The summed E-state index contributed by atoms with van der Waals surface area (Å²) in [6, 6.07) is 3.83. The number of hydrogen-bond donors (Lipinski definition) is 2. The van der Waals surface area contributed by atoms with Gasteiger partial charge in [-0.2, -0.15) is 0 Å². The summed E-state index contributed by atoms with van der Waals surface area (Å²) in [5, 5.41) is 5.26. The number of hydrogen-bond acceptors (Lipinski definition) is 5. The first-order valence-corrected chi connectivity index (χ1v) is 9.16. The van der Waals surface area contributed by atoms with E-state index in [4.69, 9.17) is 0 Å². The minimum absolute atomic E-state index is 0.400. The maximum Gasteiger partial charge on any atom is 0.263 e. The lowest BCUT2D eigenvalue weighted by Crippen LogP contribution is -2.19. The SMILES string of the molecule is Cc1csc(CNC2CC2)c1S(=O)(=O)Nc1ccncc1. The quantitative estimate of drug-likeness (QED) is 0.857. The van der Waals surface area contributed by atoms with Crippen molar-refractivity contribution in [1.82, 2.24) is 10.3 Å². The molecule has 0 aromatic carbocycles. The fourth-order valence-electron chi connectivity index (χ4n) is 2.12. The summed E-state index contributed by atoms with van der Waals surface area (Å²) in [4.78, 5) is 5.15. The highest BCUT2D eigenvalue weighted by Crippen LogP contribution is 2.29. The summed E-state index contributed by atoms with van der Waals surface area (Å²) < 4.78 is 27.8. The van der Waals surface area contributed by atoms with Gasteiger partial charge in [0.15, 0.2) is 0 Å². The van der Waals surface area contributed by atoms with Crippen LogP contribution in [0.25, 0.3) is 0 Å². The molecule has 2 aromatic rings. The average Bonchev–Trinajstić information content (AvgIpc) is 3.19. The van der Waals surface area contributed by atoms with Crippen molar-refractivity contribution in [1.29, 1.82) is 0 Å². The van der Waals surface area contributed by atoms with Crippen LogP contribution in [0.1, 0.15) is 23.3 Å². The van der Waals surface area contributed by atoms with Crippen LogP contribution in [0.2, 0.25) is 0 Å². The molecule has 5 nitrogen and oxygen atoms in total. The molecule has 0 amide bonds. The third kappa shape index (κ3) is 3.42. The molecule has 0 saturated heterocycles. The van der Waals surface area contributed by atoms with Crippen LogP contribution in [-0.2, 0) is 16.6 Å². The van der Waals surface area contributed by atoms with Crippen molar-refractivity contribution in [3.8, 4) is 0 Å². The van der Waals surface area contributed by atoms with Crippen LogP contribution in [0.15, 0.2) is 34.8 Å². The Balaban J connectivity index is 1.85. The van der Waals surface area contributed by atoms with Gasteiger partial charge in [-0.05, 0) is 42.8 Å². The minimum Gasteiger partial charge on any atom is -0.309 e. The number of aromatic nitrogens is 1. The van der Waals surface area contributed by atoms with Gasteiger partial charge in [0, 0.05) is 29.9 Å². The summed E-state index contributed by atoms with van der Waals surface area (Å²) in [5.74, 6) is 0. The number of pyridine rings is 1. The van der Waals surface area contributed by atoms with E-state index in [0.29, 0.717) is 23.2 Å². The molecule has 0 spiro atoms. The van der Waals surface area contributed by atoms with Crippen LogP contribution in [0.5, 0.6) is 0 Å². The normalized spacial score (nSPS) is 15.1. The lowest BCUT2D eigenvalue weighted by Gasteiger charge is -2.10. The predicted octanol–water partition coefficient (Wildman–Crippen LogP) is 2.50. The molecule has 1 fully saturated rings. The molecule has 2 N–H and O–H groups in total. The van der Waals surface area contributed by atoms with Gasteiger partial charge in [0.2, 0.25) is 0 Å². The van der Waals surface area contributed by atoms with E-state index in [-0.39, 0.29) is 0 Å². The first-order chi connectivity index (χ1) is 10.1. The van der Waals surface area contributed by atoms with Crippen molar-refractivity contribution in [2.24, 2.45) is 0 Å². The monoisotopic (exact) mass is 323 g/mol. The third-order valence-electron chi connectivity index (χ3n) is 3.32. The largest absolute Gasteiger partial charge is 0.309 e. The van der Waals surface area contributed by atoms with Crippen LogP contribution in [0.4, 0.5) is 5.69 Å². The molecule has 1 aliphatic carbocycles. The average molecular weight is 323 g/mol. The molecule has 2 aromatic heterocycles. The van der Waals surface area contributed by atoms with E-state index in [9.17, 15) is 8.42 Å². The topological polar surface area (TPSA) is 71.1 Å². The van der Waals surface area contributed by atoms with E-state index >= 15 is 0 Å². The number of nitrogens with one attached hydrogen (secondary N) is 2. The fourth-order valence-corrected chi connectivity index (χ4v) is 4.94. The van der Waals surface area contributed by atoms with E-state index in [0.717, 1.165) is 10.4 Å². The van der Waals surface area contributed by atoms with Gasteiger partial charge in [0.1, 0.15) is 4.90 Å². The molecule has 0 aliphatic heterocycles. The molecule has 0 bridgehead atoms. The van der Waals surface area contributed by atoms with E-state index in [2.05, 4.69) is 15.0 Å². The Labute approximate surface area is 128 Å². The van der Waals surface area contributed by atoms with Gasteiger partial charge in [0.25, 0.3) is 10.0 Å². The molecular weight excluding hydrogens is 306 g/mol. The molecule has 1 aliphatic rings. The second kappa shape index (κ2) is 5.75. The second-order valence-corrected chi connectivity index (χ2v) is 7.75. The lowest BCUT2D eigenvalue weighted by atomic mass is 10.3. The second-order valence-electron chi connectivity index (χ2n) is 5.17. The Morgan fingerprint density at radius 3 is 2.71 bits per heavy atom. The Bertz CT molecular complexity index is 722. The zero-order valence-electron chi connectivity index (χ0n) is 11.7. The predicted molar refractivity (Wildman–Crippen MR) is 84.0 cm³/mol. The maximum absolute atomic E-state index is 12.6. The number of sulfonamides is 1. The standard InChI is InChI=1S/C14H17N3O2S2/c1-10-9-20-13(8-16-11-2-3-11)14(10)21(18,19)17-12-4-6-15-7-5-12/h4-7,9,11,16H,2-3,8H2,1H3,(H,15,17). The van der Waals surface area contributed by atoms with Crippen molar-refractivity contribution >= 4 is 27.0 Å². The molecule has 21 heavy (non-hydrogen) atoms. The zero-order chi connectivity index (χ0) is 14.9. The fraction of sp³-hybridized carbons (Fsp3) is 0.357. The van der Waals surface area contributed by atoms with Crippen molar-refractivity contribution in [3.05, 3.63) is 40.3 Å². The van der Waals surface area contributed by atoms with Crippen molar-refractivity contribution in [2.45, 2.75) is 37.2 Å². The molecule has 0 atom stereocenters. The Kier molecular flexibility index (Phi) is 3.97. The van der Waals surface area contributed by atoms with Gasteiger partial charge in [-0.3, -0.25) is 9.71 Å². The lowest BCUT2D eigenvalue weighted by molar-refractivity contribution is 0.598. The summed E-state index contributed by atoms with van der Waals surface area (Å²) in [6.45, 7) is 2.44. The number of aryl methyl sites for hydroxylation is 1. The van der Waals surface area contributed by atoms with E-state index in [1.54, 1.807) is 24.5 Å². The molecule has 0 radical (unpaired) electrons. The van der Waals surface area contributed by atoms with Gasteiger partial charge < -0.3 is 5.32 Å². The van der Waals surface area contributed by atoms with Gasteiger partial charge in [-0.25, -0.2) is 8.42 Å². The minimum atomic E-state index is -3.57. The number of nitrogens with zero attached hydrogens (tertiary/aromatic N) is 1. The Hall–Kier alpha value is -1.44. The first-order valence-electron chi connectivity index (χ1n) is 6.79. The first kappa shape index (κ1) is 14.5. The molecule has 112 valence electrons. The highest BCUT2D eigenvalue weighted by atomic mass is 32.2. The Morgan fingerprint density at radius 1 is 1.33 bits per heavy atom. The van der Waals surface area contributed by atoms with Gasteiger partial charge in [-0.15, -0.1) is 11.3 Å². The van der Waals surface area contributed by atoms with Gasteiger partial charge in [-0.1, -0.05) is 0 Å². The molecular formula is C14H17N3O2S2. The molecule has 7 heteroatoms. The highest BCUT2D eigenvalue weighted by molar-refractivity contribution is 7.93. The van der Waals surface area contributed by atoms with Crippen molar-refractivity contribution < 1.29 is 8.42 Å². The molecule has 3 rings (SSSR count). The number of rotatable bonds is 6. The summed E-state index contributed by atoms with van der Waals surface area (Å²) in [5.41, 5.74) is 1.31. The summed E-state index contributed by atoms with van der Waals surface area (Å²) in [6.07, 6.45) is 5.49. The smallest absolute Gasteiger partial charge is 0.263 e. The molecule has 0 unspecified atom stereocenters. The van der Waals surface area contributed by atoms with Crippen molar-refractivity contribution in [3.63, 3.8) is 0 Å². The van der Waals surface area contributed by atoms with Gasteiger partial charge >= 0.3 is 0 Å². The van der Waals surface area contributed by atoms with Crippen LogP contribution in [0, 0.1) is 6.92 Å². The summed E-state index contributed by atoms with van der Waals surface area (Å²) in [7, 11) is -3.57. The zero-order valence-corrected chi connectivity index (χ0v) is 13.3. The van der Waals surface area contributed by atoms with Crippen LogP contribution >= 0.6 is 11.3 Å². The van der Waals surface area contributed by atoms with Crippen LogP contribution < -0.4 is 10.0 Å². The van der Waals surface area contributed by atoms with E-state index in [1.165, 1.54) is 24.2 Å². The molecule has 1 saturated carbocycles. The third-order valence-corrected chi connectivity index (χ3v) is 6.16. The van der Waals surface area contributed by atoms with Crippen LogP contribution in [0.3, 0.4) is 0 Å². The number of anilines is 1.